The zero-order valence-electron chi connectivity index (χ0n) is 38.9. The highest BCUT2D eigenvalue weighted by Gasteiger charge is 2.30. The van der Waals surface area contributed by atoms with Crippen LogP contribution in [0.25, 0.3) is 94.3 Å². The molecular formula is C61H55N3O. The molecule has 0 atom stereocenters. The number of imidazole rings is 1. The minimum Gasteiger partial charge on any atom is -0.507 e. The van der Waals surface area contributed by atoms with Crippen molar-refractivity contribution < 1.29 is 5.11 Å². The predicted molar refractivity (Wildman–Crippen MR) is 274 cm³/mol. The highest BCUT2D eigenvalue weighted by atomic mass is 16.3. The minimum atomic E-state index is -0.333. The van der Waals surface area contributed by atoms with Gasteiger partial charge in [0.25, 0.3) is 0 Å². The first-order valence-corrected chi connectivity index (χ1v) is 22.7. The summed E-state index contributed by atoms with van der Waals surface area (Å²) in [6.45, 7) is 19.8. The van der Waals surface area contributed by atoms with Crippen molar-refractivity contribution >= 4 is 32.6 Å². The van der Waals surface area contributed by atoms with Crippen LogP contribution in [0.3, 0.4) is 0 Å². The number of phenols is 1. The summed E-state index contributed by atoms with van der Waals surface area (Å²) in [6.07, 6.45) is 1.94. The smallest absolute Gasteiger partial charge is 0.149 e. The van der Waals surface area contributed by atoms with E-state index in [0.29, 0.717) is 11.4 Å². The molecule has 0 fully saturated rings. The van der Waals surface area contributed by atoms with Crippen LogP contribution < -0.4 is 0 Å². The molecular weight excluding hydrogens is 791 g/mol. The zero-order chi connectivity index (χ0) is 45.4. The van der Waals surface area contributed by atoms with Crippen LogP contribution in [0.1, 0.15) is 69.4 Å². The van der Waals surface area contributed by atoms with E-state index in [4.69, 9.17) is 9.97 Å². The first-order valence-electron chi connectivity index (χ1n) is 22.7. The topological polar surface area (TPSA) is 50.9 Å². The molecule has 0 radical (unpaired) electrons. The second kappa shape index (κ2) is 15.7. The van der Waals surface area contributed by atoms with Crippen LogP contribution in [0.15, 0.2) is 164 Å². The lowest BCUT2D eigenvalue weighted by atomic mass is 9.79. The molecule has 0 unspecified atom stereocenters. The fourth-order valence-corrected chi connectivity index (χ4v) is 9.94. The maximum Gasteiger partial charge on any atom is 0.149 e. The number of fused-ring (bicyclic) bond motifs is 3. The Bertz CT molecular complexity index is 3460. The lowest BCUT2D eigenvalue weighted by Gasteiger charge is -2.28. The van der Waals surface area contributed by atoms with Gasteiger partial charge < -0.3 is 5.11 Å². The number of para-hydroxylation sites is 1. The monoisotopic (exact) mass is 845 g/mol. The Kier molecular flexibility index (Phi) is 10.1. The number of phenolic OH excluding ortho intramolecular Hbond substituents is 1. The van der Waals surface area contributed by atoms with E-state index in [9.17, 15) is 5.11 Å². The van der Waals surface area contributed by atoms with Gasteiger partial charge in [-0.05, 0) is 123 Å². The van der Waals surface area contributed by atoms with E-state index in [-0.39, 0.29) is 16.6 Å². The van der Waals surface area contributed by atoms with Crippen LogP contribution in [0.4, 0.5) is 0 Å². The van der Waals surface area contributed by atoms with E-state index in [1.54, 1.807) is 0 Å². The van der Waals surface area contributed by atoms with Gasteiger partial charge in [0, 0.05) is 33.8 Å². The SMILES string of the molecule is Cc1cc(C)c(-c2ccnc(-c3cc(-c4cccc5c4nc(-c4cc(C(C)(C)C)cc(C(C)(C)C)c4O)n5-c4c(-c5ccccc5)ccc5ccccc45)cc4ccccc34)c2)c(C)c1. The third-order valence-electron chi connectivity index (χ3n) is 13.1. The van der Waals surface area contributed by atoms with E-state index >= 15 is 0 Å². The summed E-state index contributed by atoms with van der Waals surface area (Å²) in [4.78, 5) is 10.8. The summed E-state index contributed by atoms with van der Waals surface area (Å²) in [5, 5.41) is 17.1. The number of hydrogen-bond donors (Lipinski definition) is 1. The van der Waals surface area contributed by atoms with Gasteiger partial charge in [-0.1, -0.05) is 168 Å². The van der Waals surface area contributed by atoms with Gasteiger partial charge in [-0.25, -0.2) is 4.98 Å². The highest BCUT2D eigenvalue weighted by molar-refractivity contribution is 6.06. The molecule has 10 aromatic rings. The summed E-state index contributed by atoms with van der Waals surface area (Å²) in [6, 6.07) is 56.6. The molecule has 4 heteroatoms. The molecule has 0 amide bonds. The molecule has 0 saturated heterocycles. The van der Waals surface area contributed by atoms with E-state index < -0.39 is 0 Å². The fraction of sp³-hybridized carbons (Fsp3) is 0.180. The van der Waals surface area contributed by atoms with Crippen LogP contribution in [0.5, 0.6) is 5.75 Å². The van der Waals surface area contributed by atoms with Crippen LogP contribution in [-0.4, -0.2) is 19.6 Å². The maximum absolute atomic E-state index is 12.6. The summed E-state index contributed by atoms with van der Waals surface area (Å²) in [7, 11) is 0. The third kappa shape index (κ3) is 7.37. The number of benzene rings is 8. The summed E-state index contributed by atoms with van der Waals surface area (Å²) < 4.78 is 2.32. The zero-order valence-corrected chi connectivity index (χ0v) is 38.9. The Labute approximate surface area is 382 Å². The molecule has 10 rings (SSSR count). The van der Waals surface area contributed by atoms with Gasteiger partial charge in [-0.2, -0.15) is 0 Å². The van der Waals surface area contributed by atoms with Crippen molar-refractivity contribution in [2.45, 2.75) is 73.1 Å². The Morgan fingerprint density at radius 2 is 1.20 bits per heavy atom. The molecule has 0 saturated carbocycles. The number of nitrogens with zero attached hydrogens (tertiary/aromatic N) is 3. The first kappa shape index (κ1) is 41.7. The quantitative estimate of drug-likeness (QED) is 0.181. The molecule has 65 heavy (non-hydrogen) atoms. The van der Waals surface area contributed by atoms with Crippen LogP contribution in [0, 0.1) is 20.8 Å². The number of pyridine rings is 1. The molecule has 2 heterocycles. The fourth-order valence-electron chi connectivity index (χ4n) is 9.94. The average molecular weight is 846 g/mol. The molecule has 0 aliphatic carbocycles. The number of aromatic hydroxyl groups is 1. The van der Waals surface area contributed by atoms with Gasteiger partial charge >= 0.3 is 0 Å². The molecule has 0 aliphatic heterocycles. The molecule has 0 spiro atoms. The molecule has 0 bridgehead atoms. The summed E-state index contributed by atoms with van der Waals surface area (Å²) >= 11 is 0. The lowest BCUT2D eigenvalue weighted by Crippen LogP contribution is -2.17. The van der Waals surface area contributed by atoms with Crippen molar-refractivity contribution in [3.8, 4) is 67.5 Å². The molecule has 2 aromatic heterocycles. The van der Waals surface area contributed by atoms with Gasteiger partial charge in [0.15, 0.2) is 0 Å². The van der Waals surface area contributed by atoms with E-state index in [2.05, 4.69) is 225 Å². The van der Waals surface area contributed by atoms with E-state index in [0.717, 1.165) is 88.5 Å². The lowest BCUT2D eigenvalue weighted by molar-refractivity contribution is 0.446. The van der Waals surface area contributed by atoms with Crippen molar-refractivity contribution in [2.75, 3.05) is 0 Å². The number of aryl methyl sites for hydroxylation is 3. The maximum atomic E-state index is 12.6. The number of hydrogen-bond acceptors (Lipinski definition) is 3. The summed E-state index contributed by atoms with van der Waals surface area (Å²) in [5.41, 5.74) is 17.4. The second-order valence-electron chi connectivity index (χ2n) is 19.9. The second-order valence-corrected chi connectivity index (χ2v) is 19.9. The van der Waals surface area contributed by atoms with Crippen molar-refractivity contribution in [3.05, 3.63) is 192 Å². The average Bonchev–Trinajstić information content (AvgIpc) is 3.67. The van der Waals surface area contributed by atoms with E-state index in [1.165, 1.54) is 22.3 Å². The molecule has 4 nitrogen and oxygen atoms in total. The number of aromatic nitrogens is 3. The van der Waals surface area contributed by atoms with Crippen molar-refractivity contribution in [1.82, 2.24) is 14.5 Å². The third-order valence-corrected chi connectivity index (χ3v) is 13.1. The predicted octanol–water partition coefficient (Wildman–Crippen LogP) is 16.3. The van der Waals surface area contributed by atoms with Gasteiger partial charge in [0.2, 0.25) is 0 Å². The molecule has 8 aromatic carbocycles. The van der Waals surface area contributed by atoms with Gasteiger partial charge in [0.05, 0.1) is 28.0 Å². The Morgan fingerprint density at radius 3 is 1.92 bits per heavy atom. The molecule has 320 valence electrons. The van der Waals surface area contributed by atoms with Gasteiger partial charge in [-0.15, -0.1) is 0 Å². The van der Waals surface area contributed by atoms with Gasteiger partial charge in [0.1, 0.15) is 11.6 Å². The highest BCUT2D eigenvalue weighted by Crippen LogP contribution is 2.47. The number of rotatable bonds is 6. The van der Waals surface area contributed by atoms with Crippen LogP contribution in [-0.2, 0) is 10.8 Å². The normalized spacial score (nSPS) is 12.1. The van der Waals surface area contributed by atoms with Crippen molar-refractivity contribution in [1.29, 1.82) is 0 Å². The Balaban J connectivity index is 1.30. The minimum absolute atomic E-state index is 0.192. The summed E-state index contributed by atoms with van der Waals surface area (Å²) in [5.74, 6) is 0.942. The Morgan fingerprint density at radius 1 is 0.508 bits per heavy atom. The first-order chi connectivity index (χ1) is 31.2. The van der Waals surface area contributed by atoms with Crippen LogP contribution in [0.2, 0.25) is 0 Å². The standard InChI is InChI=1S/C61H55N3O/c1-37-30-38(2)55(39(3)31-37)43-28-29-62-53(34-43)50-33-44(32-42-21-14-15-22-46(42)50)47-24-17-25-54-56(47)63-59(51-35-45(60(4,5)6)36-52(58(51)65)61(7,8)9)64(54)57-48-23-16-13-20-41(48)26-27-49(57)40-18-11-10-12-19-40/h10-36,65H,1-9H3. The van der Waals surface area contributed by atoms with Crippen LogP contribution >= 0.6 is 0 Å². The molecule has 0 aliphatic rings. The largest absolute Gasteiger partial charge is 0.507 e. The Hall–Kier alpha value is -7.30. The van der Waals surface area contributed by atoms with Crippen molar-refractivity contribution in [2.24, 2.45) is 0 Å². The molecule has 1 N–H and O–H groups in total. The van der Waals surface area contributed by atoms with Crippen molar-refractivity contribution in [3.63, 3.8) is 0 Å². The van der Waals surface area contributed by atoms with Gasteiger partial charge in [-0.3, -0.25) is 9.55 Å². The van der Waals surface area contributed by atoms with E-state index in [1.807, 2.05) is 6.20 Å².